The first-order valence-electron chi connectivity index (χ1n) is 7.03. The maximum Gasteiger partial charge on any atom is 0.358 e. The molecular weight excluding hydrogens is 266 g/mol. The molecule has 0 saturated carbocycles. The summed E-state index contributed by atoms with van der Waals surface area (Å²) >= 11 is 0. The molecular formula is C16H21N3O2. The molecule has 0 bridgehead atoms. The van der Waals surface area contributed by atoms with E-state index in [4.69, 9.17) is 0 Å². The molecule has 2 aromatic rings. The van der Waals surface area contributed by atoms with Gasteiger partial charge in [-0.1, -0.05) is 45.9 Å². The third kappa shape index (κ3) is 3.29. The van der Waals surface area contributed by atoms with Gasteiger partial charge in [0, 0.05) is 11.9 Å². The van der Waals surface area contributed by atoms with Gasteiger partial charge in [0.05, 0.1) is 11.2 Å². The maximum atomic E-state index is 11.4. The van der Waals surface area contributed by atoms with Gasteiger partial charge in [0.25, 0.3) is 0 Å². The van der Waals surface area contributed by atoms with E-state index in [1.807, 2.05) is 24.3 Å². The first-order valence-corrected chi connectivity index (χ1v) is 7.03. The lowest BCUT2D eigenvalue weighted by molar-refractivity contribution is 0.0690. The van der Waals surface area contributed by atoms with Crippen molar-refractivity contribution in [3.05, 3.63) is 30.0 Å². The van der Waals surface area contributed by atoms with Crippen molar-refractivity contribution < 1.29 is 9.90 Å². The molecule has 5 heteroatoms. The number of nitrogens with zero attached hydrogens (tertiary/aromatic N) is 2. The number of carboxylic acid groups (broad SMARTS) is 1. The van der Waals surface area contributed by atoms with E-state index in [-0.39, 0.29) is 11.1 Å². The van der Waals surface area contributed by atoms with Crippen LogP contribution in [0.15, 0.2) is 24.3 Å². The number of aromatic nitrogens is 2. The lowest BCUT2D eigenvalue weighted by Crippen LogP contribution is -2.25. The van der Waals surface area contributed by atoms with Crippen molar-refractivity contribution in [2.45, 2.75) is 27.7 Å². The molecule has 0 aliphatic heterocycles. The van der Waals surface area contributed by atoms with Crippen LogP contribution < -0.4 is 5.32 Å². The van der Waals surface area contributed by atoms with Crippen molar-refractivity contribution in [1.29, 1.82) is 0 Å². The summed E-state index contributed by atoms with van der Waals surface area (Å²) in [6.07, 6.45) is 0. The molecule has 0 amide bonds. The summed E-state index contributed by atoms with van der Waals surface area (Å²) < 4.78 is 0. The Morgan fingerprint density at radius 1 is 1.29 bits per heavy atom. The quantitative estimate of drug-likeness (QED) is 0.901. The molecule has 5 nitrogen and oxygen atoms in total. The van der Waals surface area contributed by atoms with Crippen LogP contribution in [0.3, 0.4) is 0 Å². The molecule has 0 aliphatic carbocycles. The molecule has 1 unspecified atom stereocenters. The smallest absolute Gasteiger partial charge is 0.358 e. The van der Waals surface area contributed by atoms with Crippen molar-refractivity contribution in [2.75, 3.05) is 11.9 Å². The van der Waals surface area contributed by atoms with Crippen LogP contribution in [0.5, 0.6) is 0 Å². The average molecular weight is 287 g/mol. The summed E-state index contributed by atoms with van der Waals surface area (Å²) in [5.41, 5.74) is 1.35. The Morgan fingerprint density at radius 3 is 2.57 bits per heavy atom. The fourth-order valence-electron chi connectivity index (χ4n) is 1.94. The zero-order valence-corrected chi connectivity index (χ0v) is 12.8. The number of fused-ring (bicyclic) bond motifs is 1. The fraction of sp³-hybridized carbons (Fsp3) is 0.438. The summed E-state index contributed by atoms with van der Waals surface area (Å²) in [7, 11) is 0. The molecule has 0 spiro atoms. The van der Waals surface area contributed by atoms with Gasteiger partial charge in [0.15, 0.2) is 5.69 Å². The second kappa shape index (κ2) is 5.68. The zero-order valence-electron chi connectivity index (χ0n) is 12.8. The molecule has 0 aliphatic rings. The van der Waals surface area contributed by atoms with E-state index in [1.54, 1.807) is 0 Å². The molecule has 2 N–H and O–H groups in total. The predicted molar refractivity (Wildman–Crippen MR) is 83.6 cm³/mol. The Hall–Kier alpha value is -2.17. The van der Waals surface area contributed by atoms with Crippen molar-refractivity contribution in [2.24, 2.45) is 11.3 Å². The van der Waals surface area contributed by atoms with Crippen molar-refractivity contribution in [3.8, 4) is 0 Å². The SMILES string of the molecule is CC(CNc1c(C(=O)O)nnc2ccccc12)C(C)(C)C. The molecule has 1 heterocycles. The monoisotopic (exact) mass is 287 g/mol. The number of anilines is 1. The molecule has 21 heavy (non-hydrogen) atoms. The Kier molecular flexibility index (Phi) is 4.11. The number of benzene rings is 1. The van der Waals surface area contributed by atoms with Crippen LogP contribution in [0, 0.1) is 11.3 Å². The number of nitrogens with one attached hydrogen (secondary N) is 1. The van der Waals surface area contributed by atoms with Crippen LogP contribution >= 0.6 is 0 Å². The van der Waals surface area contributed by atoms with Crippen molar-refractivity contribution >= 4 is 22.6 Å². The largest absolute Gasteiger partial charge is 0.476 e. The first-order chi connectivity index (χ1) is 9.80. The van der Waals surface area contributed by atoms with Crippen LogP contribution in [0.1, 0.15) is 38.2 Å². The van der Waals surface area contributed by atoms with Crippen molar-refractivity contribution in [3.63, 3.8) is 0 Å². The number of carbonyl (C=O) groups is 1. The Balaban J connectivity index is 2.40. The van der Waals surface area contributed by atoms with E-state index < -0.39 is 5.97 Å². The van der Waals surface area contributed by atoms with E-state index in [0.29, 0.717) is 23.7 Å². The summed E-state index contributed by atoms with van der Waals surface area (Å²) in [6, 6.07) is 7.42. The van der Waals surface area contributed by atoms with E-state index >= 15 is 0 Å². The molecule has 1 aromatic carbocycles. The molecule has 2 rings (SSSR count). The summed E-state index contributed by atoms with van der Waals surface area (Å²) in [5, 5.41) is 21.2. The standard InChI is InChI=1S/C16H21N3O2/c1-10(16(2,3)4)9-17-13-11-7-5-6-8-12(11)18-19-14(13)15(20)21/h5-8,10H,9H2,1-4H3,(H,17,18)(H,20,21). The average Bonchev–Trinajstić information content (AvgIpc) is 2.42. The van der Waals surface area contributed by atoms with E-state index in [0.717, 1.165) is 5.39 Å². The first kappa shape index (κ1) is 15.2. The molecule has 0 radical (unpaired) electrons. The number of hydrogen-bond acceptors (Lipinski definition) is 4. The van der Waals surface area contributed by atoms with Gasteiger partial charge in [0.2, 0.25) is 0 Å². The van der Waals surface area contributed by atoms with Crippen LogP contribution in [0.4, 0.5) is 5.69 Å². The van der Waals surface area contributed by atoms with Gasteiger partial charge in [-0.25, -0.2) is 4.79 Å². The second-order valence-electron chi connectivity index (χ2n) is 6.39. The third-order valence-electron chi connectivity index (χ3n) is 3.93. The Morgan fingerprint density at radius 2 is 1.95 bits per heavy atom. The van der Waals surface area contributed by atoms with Gasteiger partial charge in [-0.2, -0.15) is 0 Å². The topological polar surface area (TPSA) is 75.1 Å². The maximum absolute atomic E-state index is 11.4. The molecule has 1 atom stereocenters. The van der Waals surface area contributed by atoms with Crippen LogP contribution in [-0.2, 0) is 0 Å². The molecule has 1 aromatic heterocycles. The Labute approximate surface area is 124 Å². The second-order valence-corrected chi connectivity index (χ2v) is 6.39. The third-order valence-corrected chi connectivity index (χ3v) is 3.93. The minimum Gasteiger partial charge on any atom is -0.476 e. The van der Waals surface area contributed by atoms with Gasteiger partial charge in [-0.05, 0) is 17.4 Å². The predicted octanol–water partition coefficient (Wildman–Crippen LogP) is 3.42. The lowest BCUT2D eigenvalue weighted by Gasteiger charge is -2.28. The normalized spacial score (nSPS) is 13.1. The minimum atomic E-state index is -1.07. The van der Waals surface area contributed by atoms with Gasteiger partial charge >= 0.3 is 5.97 Å². The number of carboxylic acids is 1. The number of aromatic carboxylic acids is 1. The van der Waals surface area contributed by atoms with E-state index in [9.17, 15) is 9.90 Å². The summed E-state index contributed by atoms with van der Waals surface area (Å²) in [6.45, 7) is 9.32. The highest BCUT2D eigenvalue weighted by Gasteiger charge is 2.22. The van der Waals surface area contributed by atoms with Crippen molar-refractivity contribution in [1.82, 2.24) is 10.2 Å². The van der Waals surface area contributed by atoms with E-state index in [2.05, 4.69) is 43.2 Å². The highest BCUT2D eigenvalue weighted by molar-refractivity contribution is 6.02. The number of hydrogen-bond donors (Lipinski definition) is 2. The highest BCUT2D eigenvalue weighted by atomic mass is 16.4. The number of rotatable bonds is 4. The van der Waals surface area contributed by atoms with Gasteiger partial charge in [0.1, 0.15) is 0 Å². The van der Waals surface area contributed by atoms with Crippen LogP contribution in [0.25, 0.3) is 10.9 Å². The zero-order chi connectivity index (χ0) is 15.6. The van der Waals surface area contributed by atoms with Gasteiger partial charge in [-0.3, -0.25) is 0 Å². The summed E-state index contributed by atoms with van der Waals surface area (Å²) in [5.74, 6) is -0.690. The lowest BCUT2D eigenvalue weighted by atomic mass is 9.82. The summed E-state index contributed by atoms with van der Waals surface area (Å²) in [4.78, 5) is 11.4. The minimum absolute atomic E-state index is 0.0326. The van der Waals surface area contributed by atoms with E-state index in [1.165, 1.54) is 0 Å². The molecule has 112 valence electrons. The molecule has 0 saturated heterocycles. The van der Waals surface area contributed by atoms with Gasteiger partial charge < -0.3 is 10.4 Å². The highest BCUT2D eigenvalue weighted by Crippen LogP contribution is 2.28. The van der Waals surface area contributed by atoms with Gasteiger partial charge in [-0.15, -0.1) is 10.2 Å². The van der Waals surface area contributed by atoms with Crippen LogP contribution in [-0.4, -0.2) is 27.8 Å². The Bertz CT molecular complexity index is 662. The molecule has 0 fully saturated rings. The van der Waals surface area contributed by atoms with Crippen LogP contribution in [0.2, 0.25) is 0 Å². The fourth-order valence-corrected chi connectivity index (χ4v) is 1.94.